The number of ether oxygens (including phenoxy) is 1. The number of hydrogen-bond donors (Lipinski definition) is 3. The average Bonchev–Trinajstić information content (AvgIpc) is 2.51. The molecule has 0 aromatic heterocycles. The lowest BCUT2D eigenvalue weighted by atomic mass is 10.2. The molecule has 2 unspecified atom stereocenters. The van der Waals surface area contributed by atoms with Crippen molar-refractivity contribution in [3.8, 4) is 0 Å². The van der Waals surface area contributed by atoms with Crippen LogP contribution in [0.2, 0.25) is 0 Å². The van der Waals surface area contributed by atoms with Crippen molar-refractivity contribution in [3.05, 3.63) is 35.9 Å². The summed E-state index contributed by atoms with van der Waals surface area (Å²) < 4.78 is 5.45. The van der Waals surface area contributed by atoms with Crippen molar-refractivity contribution >= 4 is 5.91 Å². The van der Waals surface area contributed by atoms with Gasteiger partial charge in [0.25, 0.3) is 0 Å². The first kappa shape index (κ1) is 17.6. The maximum Gasteiger partial charge on any atom is 0.236 e. The van der Waals surface area contributed by atoms with Gasteiger partial charge in [0.05, 0.1) is 25.4 Å². The van der Waals surface area contributed by atoms with Gasteiger partial charge in [-0.1, -0.05) is 37.3 Å². The van der Waals surface area contributed by atoms with Crippen molar-refractivity contribution in [1.82, 2.24) is 10.6 Å². The van der Waals surface area contributed by atoms with Gasteiger partial charge in [0.2, 0.25) is 5.91 Å². The van der Waals surface area contributed by atoms with Gasteiger partial charge in [0, 0.05) is 13.1 Å². The van der Waals surface area contributed by atoms with Crippen LogP contribution in [0.3, 0.4) is 0 Å². The summed E-state index contributed by atoms with van der Waals surface area (Å²) in [5.41, 5.74) is 1.07. The molecule has 0 radical (unpaired) electrons. The predicted octanol–water partition coefficient (Wildman–Crippen LogP) is 1.07. The van der Waals surface area contributed by atoms with E-state index in [1.54, 1.807) is 6.92 Å². The number of benzene rings is 1. The average molecular weight is 294 g/mol. The van der Waals surface area contributed by atoms with E-state index in [1.807, 2.05) is 37.3 Å². The third-order valence-corrected chi connectivity index (χ3v) is 3.02. The van der Waals surface area contributed by atoms with E-state index < -0.39 is 6.10 Å². The molecule has 1 aromatic carbocycles. The van der Waals surface area contributed by atoms with Crippen LogP contribution in [-0.4, -0.2) is 42.9 Å². The Morgan fingerprint density at radius 2 is 2.05 bits per heavy atom. The molecule has 0 spiro atoms. The summed E-state index contributed by atoms with van der Waals surface area (Å²) in [5.74, 6) is -0.0470. The third kappa shape index (κ3) is 7.80. The first-order chi connectivity index (χ1) is 10.1. The van der Waals surface area contributed by atoms with Gasteiger partial charge >= 0.3 is 0 Å². The molecule has 0 fully saturated rings. The van der Waals surface area contributed by atoms with Crippen molar-refractivity contribution in [2.75, 3.05) is 19.7 Å². The van der Waals surface area contributed by atoms with E-state index in [9.17, 15) is 9.90 Å². The Balaban J connectivity index is 2.13. The molecule has 1 amide bonds. The second-order valence-electron chi connectivity index (χ2n) is 5.08. The molecule has 1 rings (SSSR count). The van der Waals surface area contributed by atoms with E-state index in [2.05, 4.69) is 10.6 Å². The lowest BCUT2D eigenvalue weighted by Crippen LogP contribution is -2.45. The largest absolute Gasteiger partial charge is 0.389 e. The molecule has 1 aromatic rings. The maximum atomic E-state index is 11.6. The van der Waals surface area contributed by atoms with Crippen LogP contribution in [0.1, 0.15) is 25.8 Å². The van der Waals surface area contributed by atoms with Gasteiger partial charge in [0.1, 0.15) is 0 Å². The number of aliphatic hydroxyl groups is 1. The van der Waals surface area contributed by atoms with Crippen LogP contribution in [0.15, 0.2) is 30.3 Å². The summed E-state index contributed by atoms with van der Waals surface area (Å²) in [6.07, 6.45) is 0.282. The van der Waals surface area contributed by atoms with E-state index in [0.29, 0.717) is 19.7 Å². The second-order valence-corrected chi connectivity index (χ2v) is 5.08. The molecular formula is C16H26N2O3. The van der Waals surface area contributed by atoms with Crippen LogP contribution >= 0.6 is 0 Å². The van der Waals surface area contributed by atoms with Crippen LogP contribution < -0.4 is 10.6 Å². The van der Waals surface area contributed by atoms with Crippen molar-refractivity contribution in [2.45, 2.75) is 39.0 Å². The summed E-state index contributed by atoms with van der Waals surface area (Å²) in [7, 11) is 0. The quantitative estimate of drug-likeness (QED) is 0.604. The first-order valence-corrected chi connectivity index (χ1v) is 7.44. The highest BCUT2D eigenvalue weighted by atomic mass is 16.5. The fourth-order valence-electron chi connectivity index (χ4n) is 1.75. The fourth-order valence-corrected chi connectivity index (χ4v) is 1.75. The zero-order valence-corrected chi connectivity index (χ0v) is 12.8. The topological polar surface area (TPSA) is 70.6 Å². The summed E-state index contributed by atoms with van der Waals surface area (Å²) in [5, 5.41) is 15.6. The number of carbonyl (C=O) groups is 1. The highest BCUT2D eigenvalue weighted by Crippen LogP contribution is 2.00. The first-order valence-electron chi connectivity index (χ1n) is 7.44. The number of carbonyl (C=O) groups excluding carboxylic acids is 1. The minimum atomic E-state index is -0.630. The van der Waals surface area contributed by atoms with E-state index in [-0.39, 0.29) is 18.6 Å². The lowest BCUT2D eigenvalue weighted by Gasteiger charge is -2.17. The highest BCUT2D eigenvalue weighted by molar-refractivity contribution is 5.81. The van der Waals surface area contributed by atoms with E-state index >= 15 is 0 Å². The highest BCUT2D eigenvalue weighted by Gasteiger charge is 2.13. The molecule has 0 aliphatic rings. The molecule has 5 nitrogen and oxygen atoms in total. The third-order valence-electron chi connectivity index (χ3n) is 3.02. The van der Waals surface area contributed by atoms with Crippen LogP contribution in [0.25, 0.3) is 0 Å². The number of hydrogen-bond acceptors (Lipinski definition) is 4. The minimum Gasteiger partial charge on any atom is -0.389 e. The molecule has 118 valence electrons. The van der Waals surface area contributed by atoms with Crippen LogP contribution in [-0.2, 0) is 16.1 Å². The van der Waals surface area contributed by atoms with E-state index in [1.165, 1.54) is 0 Å². The number of nitrogens with one attached hydrogen (secondary N) is 2. The standard InChI is InChI=1S/C16H26N2O3/c1-3-9-17-16(20)13(2)18-10-15(19)12-21-11-14-7-5-4-6-8-14/h4-8,13,15,18-19H,3,9-12H2,1-2H3,(H,17,20). The van der Waals surface area contributed by atoms with Gasteiger partial charge in [-0.25, -0.2) is 0 Å². The Morgan fingerprint density at radius 3 is 2.71 bits per heavy atom. The van der Waals surface area contributed by atoms with Gasteiger partial charge < -0.3 is 20.5 Å². The summed E-state index contributed by atoms with van der Waals surface area (Å²) in [6.45, 7) is 5.51. The van der Waals surface area contributed by atoms with Gasteiger partial charge in [-0.05, 0) is 18.9 Å². The van der Waals surface area contributed by atoms with Crippen LogP contribution in [0.5, 0.6) is 0 Å². The normalized spacial score (nSPS) is 13.7. The Hall–Kier alpha value is -1.43. The van der Waals surface area contributed by atoms with Crippen LogP contribution in [0, 0.1) is 0 Å². The Morgan fingerprint density at radius 1 is 1.33 bits per heavy atom. The molecule has 2 atom stereocenters. The number of amides is 1. The SMILES string of the molecule is CCCNC(=O)C(C)NCC(O)COCc1ccccc1. The van der Waals surface area contributed by atoms with Crippen molar-refractivity contribution < 1.29 is 14.6 Å². The molecule has 21 heavy (non-hydrogen) atoms. The molecule has 5 heteroatoms. The molecule has 0 bridgehead atoms. The van der Waals surface area contributed by atoms with E-state index in [4.69, 9.17) is 4.74 Å². The summed E-state index contributed by atoms with van der Waals surface area (Å²) in [4.78, 5) is 11.6. The molecule has 0 aliphatic carbocycles. The molecule has 0 aliphatic heterocycles. The minimum absolute atomic E-state index is 0.0470. The molecular weight excluding hydrogens is 268 g/mol. The summed E-state index contributed by atoms with van der Waals surface area (Å²) >= 11 is 0. The summed E-state index contributed by atoms with van der Waals surface area (Å²) in [6, 6.07) is 9.49. The number of rotatable bonds is 10. The molecule has 0 saturated heterocycles. The van der Waals surface area contributed by atoms with Crippen molar-refractivity contribution in [2.24, 2.45) is 0 Å². The smallest absolute Gasteiger partial charge is 0.236 e. The van der Waals surface area contributed by atoms with E-state index in [0.717, 1.165) is 12.0 Å². The van der Waals surface area contributed by atoms with Crippen LogP contribution in [0.4, 0.5) is 0 Å². The van der Waals surface area contributed by atoms with Crippen molar-refractivity contribution in [3.63, 3.8) is 0 Å². The van der Waals surface area contributed by atoms with Gasteiger partial charge in [0.15, 0.2) is 0 Å². The molecule has 3 N–H and O–H groups in total. The van der Waals surface area contributed by atoms with Crippen molar-refractivity contribution in [1.29, 1.82) is 0 Å². The monoisotopic (exact) mass is 294 g/mol. The fraction of sp³-hybridized carbons (Fsp3) is 0.562. The molecule has 0 saturated carbocycles. The Bertz CT molecular complexity index is 398. The maximum absolute atomic E-state index is 11.6. The predicted molar refractivity (Wildman–Crippen MR) is 82.9 cm³/mol. The van der Waals surface area contributed by atoms with Gasteiger partial charge in [-0.15, -0.1) is 0 Å². The Labute approximate surface area is 126 Å². The number of aliphatic hydroxyl groups excluding tert-OH is 1. The van der Waals surface area contributed by atoms with Gasteiger partial charge in [-0.2, -0.15) is 0 Å². The lowest BCUT2D eigenvalue weighted by molar-refractivity contribution is -0.122. The zero-order chi connectivity index (χ0) is 15.5. The van der Waals surface area contributed by atoms with Gasteiger partial charge in [-0.3, -0.25) is 4.79 Å². The second kappa shape index (κ2) is 10.3. The molecule has 0 heterocycles. The Kier molecular flexibility index (Phi) is 8.66. The zero-order valence-electron chi connectivity index (χ0n) is 12.8.